The zero-order valence-electron chi connectivity index (χ0n) is 14.9. The summed E-state index contributed by atoms with van der Waals surface area (Å²) in [4.78, 5) is 14.6. The van der Waals surface area contributed by atoms with E-state index in [1.165, 1.54) is 5.56 Å². The Hall–Kier alpha value is -1.52. The van der Waals surface area contributed by atoms with Crippen LogP contribution in [0.1, 0.15) is 37.0 Å². The van der Waals surface area contributed by atoms with E-state index in [0.29, 0.717) is 6.42 Å². The number of rotatable bonds is 2. The van der Waals surface area contributed by atoms with Crippen molar-refractivity contribution >= 4 is 29.3 Å². The zero-order chi connectivity index (χ0) is 16.8. The van der Waals surface area contributed by atoms with E-state index >= 15 is 0 Å². The van der Waals surface area contributed by atoms with Crippen LogP contribution < -0.4 is 5.73 Å². The molecule has 2 heterocycles. The quantitative estimate of drug-likeness (QED) is 0.900. The van der Waals surface area contributed by atoms with Gasteiger partial charge in [-0.15, -0.1) is 12.4 Å². The summed E-state index contributed by atoms with van der Waals surface area (Å²) in [6.45, 7) is 9.87. The van der Waals surface area contributed by atoms with Gasteiger partial charge in [0.15, 0.2) is 0 Å². The Bertz CT molecular complexity index is 751. The highest BCUT2D eigenvalue weighted by molar-refractivity contribution is 5.89. The molecule has 5 heteroatoms. The number of nitrogens with zero attached hydrogens (tertiary/aromatic N) is 1. The van der Waals surface area contributed by atoms with Gasteiger partial charge in [-0.05, 0) is 36.8 Å². The number of aryl methyl sites for hydroxylation is 2. The van der Waals surface area contributed by atoms with Gasteiger partial charge in [-0.25, -0.2) is 0 Å². The van der Waals surface area contributed by atoms with Crippen molar-refractivity contribution < 1.29 is 9.21 Å². The van der Waals surface area contributed by atoms with Crippen LogP contribution in [0.5, 0.6) is 0 Å². The van der Waals surface area contributed by atoms with E-state index in [2.05, 4.69) is 39.8 Å². The van der Waals surface area contributed by atoms with Gasteiger partial charge in [0.2, 0.25) is 5.91 Å². The highest BCUT2D eigenvalue weighted by Gasteiger charge is 2.35. The lowest BCUT2D eigenvalue weighted by molar-refractivity contribution is -0.133. The third-order valence-corrected chi connectivity index (χ3v) is 5.35. The molecule has 132 valence electrons. The maximum atomic E-state index is 12.7. The standard InChI is InChI=1S/C19H26N2O2.ClH/c1-12-5-6-15-14(10-23-18(15)13(12)2)9-17(22)21-8-7-16(20)19(3,4)11-21;/h5-6,10,16H,7-9,11,20H2,1-4H3;1H. The lowest BCUT2D eigenvalue weighted by atomic mass is 9.79. The third kappa shape index (κ3) is 3.31. The van der Waals surface area contributed by atoms with Crippen molar-refractivity contribution in [2.24, 2.45) is 11.1 Å². The van der Waals surface area contributed by atoms with Crippen molar-refractivity contribution in [3.05, 3.63) is 35.1 Å². The monoisotopic (exact) mass is 350 g/mol. The van der Waals surface area contributed by atoms with Crippen LogP contribution in [0, 0.1) is 19.3 Å². The van der Waals surface area contributed by atoms with Crippen molar-refractivity contribution in [1.29, 1.82) is 0 Å². The minimum Gasteiger partial charge on any atom is -0.464 e. The molecule has 0 aliphatic carbocycles. The van der Waals surface area contributed by atoms with Crippen LogP contribution in [-0.4, -0.2) is 29.9 Å². The van der Waals surface area contributed by atoms with Gasteiger partial charge in [-0.2, -0.15) is 0 Å². The molecule has 0 bridgehead atoms. The van der Waals surface area contributed by atoms with Gasteiger partial charge in [0.25, 0.3) is 0 Å². The highest BCUT2D eigenvalue weighted by Crippen LogP contribution is 2.30. The van der Waals surface area contributed by atoms with Crippen LogP contribution in [-0.2, 0) is 11.2 Å². The summed E-state index contributed by atoms with van der Waals surface area (Å²) < 4.78 is 5.72. The van der Waals surface area contributed by atoms with Gasteiger partial charge in [0, 0.05) is 30.1 Å². The molecule has 1 aromatic heterocycles. The van der Waals surface area contributed by atoms with E-state index in [0.717, 1.165) is 41.6 Å². The second-order valence-electron chi connectivity index (χ2n) is 7.52. The lowest BCUT2D eigenvalue weighted by Crippen LogP contribution is -2.54. The van der Waals surface area contributed by atoms with E-state index in [1.807, 2.05) is 4.90 Å². The Morgan fingerprint density at radius 1 is 1.38 bits per heavy atom. The molecule has 3 rings (SSSR count). The predicted octanol–water partition coefficient (Wildman–Crippen LogP) is 3.60. The van der Waals surface area contributed by atoms with Crippen LogP contribution >= 0.6 is 12.4 Å². The SMILES string of the molecule is Cc1ccc2c(CC(=O)N3CCC(N)C(C)(C)C3)coc2c1C.Cl. The molecule has 1 amide bonds. The number of amides is 1. The normalized spacial score (nSPS) is 20.0. The molecule has 24 heavy (non-hydrogen) atoms. The maximum Gasteiger partial charge on any atom is 0.227 e. The molecule has 0 radical (unpaired) electrons. The Balaban J connectivity index is 0.00000208. The molecule has 0 spiro atoms. The smallest absolute Gasteiger partial charge is 0.227 e. The first-order chi connectivity index (χ1) is 10.8. The van der Waals surface area contributed by atoms with Gasteiger partial charge in [-0.1, -0.05) is 26.0 Å². The summed E-state index contributed by atoms with van der Waals surface area (Å²) in [5, 5.41) is 1.05. The Morgan fingerprint density at radius 3 is 2.75 bits per heavy atom. The molecule has 2 aromatic rings. The molecular formula is C19H27ClN2O2. The number of halogens is 1. The molecule has 1 atom stereocenters. The van der Waals surface area contributed by atoms with E-state index < -0.39 is 0 Å². The van der Waals surface area contributed by atoms with Gasteiger partial charge in [0.05, 0.1) is 12.7 Å². The molecule has 4 nitrogen and oxygen atoms in total. The highest BCUT2D eigenvalue weighted by atomic mass is 35.5. The van der Waals surface area contributed by atoms with Crippen molar-refractivity contribution in [1.82, 2.24) is 4.90 Å². The molecule has 1 unspecified atom stereocenters. The zero-order valence-corrected chi connectivity index (χ0v) is 15.7. The van der Waals surface area contributed by atoms with Crippen LogP contribution in [0.4, 0.5) is 0 Å². The van der Waals surface area contributed by atoms with Gasteiger partial charge in [-0.3, -0.25) is 4.79 Å². The largest absolute Gasteiger partial charge is 0.464 e. The van der Waals surface area contributed by atoms with Crippen molar-refractivity contribution in [3.8, 4) is 0 Å². The number of likely N-dealkylation sites (tertiary alicyclic amines) is 1. The van der Waals surface area contributed by atoms with Crippen LogP contribution in [0.15, 0.2) is 22.8 Å². The average molecular weight is 351 g/mol. The van der Waals surface area contributed by atoms with Crippen molar-refractivity contribution in [3.63, 3.8) is 0 Å². The topological polar surface area (TPSA) is 59.5 Å². The fourth-order valence-corrected chi connectivity index (χ4v) is 3.39. The Kier molecular flexibility index (Phi) is 5.31. The molecule has 1 aromatic carbocycles. The number of benzene rings is 1. The molecule has 2 N–H and O–H groups in total. The number of furan rings is 1. The maximum absolute atomic E-state index is 12.7. The first-order valence-electron chi connectivity index (χ1n) is 8.29. The van der Waals surface area contributed by atoms with E-state index in [4.69, 9.17) is 10.2 Å². The van der Waals surface area contributed by atoms with Crippen LogP contribution in [0.3, 0.4) is 0 Å². The van der Waals surface area contributed by atoms with E-state index in [9.17, 15) is 4.79 Å². The second kappa shape index (κ2) is 6.77. The summed E-state index contributed by atoms with van der Waals surface area (Å²) in [6, 6.07) is 4.30. The first kappa shape index (κ1) is 18.8. The predicted molar refractivity (Wildman–Crippen MR) is 99.6 cm³/mol. The van der Waals surface area contributed by atoms with Crippen LogP contribution in [0.25, 0.3) is 11.0 Å². The van der Waals surface area contributed by atoms with Gasteiger partial charge < -0.3 is 15.1 Å². The number of nitrogens with two attached hydrogens (primary N) is 1. The molecule has 1 aliphatic heterocycles. The Morgan fingerprint density at radius 2 is 2.08 bits per heavy atom. The number of hydrogen-bond acceptors (Lipinski definition) is 3. The Labute approximate surface area is 149 Å². The van der Waals surface area contributed by atoms with E-state index in [1.54, 1.807) is 6.26 Å². The lowest BCUT2D eigenvalue weighted by Gasteiger charge is -2.42. The number of piperidine rings is 1. The molecular weight excluding hydrogens is 324 g/mol. The summed E-state index contributed by atoms with van der Waals surface area (Å²) in [5.74, 6) is 0.158. The minimum absolute atomic E-state index is 0. The molecule has 0 saturated carbocycles. The summed E-state index contributed by atoms with van der Waals surface area (Å²) in [5.41, 5.74) is 10.4. The number of carbonyl (C=O) groups excluding carboxylic acids is 1. The molecule has 1 fully saturated rings. The fourth-order valence-electron chi connectivity index (χ4n) is 3.39. The third-order valence-electron chi connectivity index (χ3n) is 5.35. The minimum atomic E-state index is -0.0277. The first-order valence-corrected chi connectivity index (χ1v) is 8.29. The molecule has 1 saturated heterocycles. The molecule has 1 aliphatic rings. The number of fused-ring (bicyclic) bond motifs is 1. The van der Waals surface area contributed by atoms with Crippen molar-refractivity contribution in [2.45, 2.75) is 46.6 Å². The number of hydrogen-bond donors (Lipinski definition) is 1. The number of carbonyl (C=O) groups is 1. The van der Waals surface area contributed by atoms with Crippen molar-refractivity contribution in [2.75, 3.05) is 13.1 Å². The average Bonchev–Trinajstić information content (AvgIpc) is 2.89. The van der Waals surface area contributed by atoms with E-state index in [-0.39, 0.29) is 29.8 Å². The summed E-state index contributed by atoms with van der Waals surface area (Å²) in [6.07, 6.45) is 2.99. The second-order valence-corrected chi connectivity index (χ2v) is 7.52. The van der Waals surface area contributed by atoms with Gasteiger partial charge in [0.1, 0.15) is 5.58 Å². The fraction of sp³-hybridized carbons (Fsp3) is 0.526. The van der Waals surface area contributed by atoms with Gasteiger partial charge >= 0.3 is 0 Å². The summed E-state index contributed by atoms with van der Waals surface area (Å²) >= 11 is 0. The summed E-state index contributed by atoms with van der Waals surface area (Å²) in [7, 11) is 0. The van der Waals surface area contributed by atoms with Crippen LogP contribution in [0.2, 0.25) is 0 Å².